The molecule has 0 saturated carbocycles. The van der Waals surface area contributed by atoms with Gasteiger partial charge in [0, 0.05) is 6.04 Å². The van der Waals surface area contributed by atoms with Gasteiger partial charge >= 0.3 is 12.1 Å². The van der Waals surface area contributed by atoms with E-state index in [1.54, 1.807) is 20.8 Å². The smallest absolute Gasteiger partial charge is 0.407 e. The van der Waals surface area contributed by atoms with Gasteiger partial charge in [0.15, 0.2) is 0 Å². The molecule has 1 aromatic rings. The first kappa shape index (κ1) is 15.5. The fraction of sp³-hybridized carbons (Fsp3) is 0.538. The third-order valence-corrected chi connectivity index (χ3v) is 2.94. The number of carboxylic acids is 1. The summed E-state index contributed by atoms with van der Waals surface area (Å²) >= 11 is 1.54. The molecule has 2 N–H and O–H groups in total. The number of nitrogens with one attached hydrogen (secondary N) is 1. The maximum absolute atomic E-state index is 11.7. The summed E-state index contributed by atoms with van der Waals surface area (Å²) in [5, 5.41) is 15.3. The number of aliphatic carboxylic acids is 1. The van der Waals surface area contributed by atoms with Crippen molar-refractivity contribution in [1.29, 1.82) is 0 Å². The van der Waals surface area contributed by atoms with Gasteiger partial charge in [-0.1, -0.05) is 0 Å². The lowest BCUT2D eigenvalue weighted by Crippen LogP contribution is -2.41. The molecule has 1 rings (SSSR count). The number of carbonyl (C=O) groups is 2. The predicted molar refractivity (Wildman–Crippen MR) is 73.4 cm³/mol. The number of amides is 1. The molecule has 0 aliphatic heterocycles. The first-order chi connectivity index (χ1) is 8.76. The maximum Gasteiger partial charge on any atom is 0.407 e. The van der Waals surface area contributed by atoms with Crippen LogP contribution in [0.3, 0.4) is 0 Å². The molecule has 0 radical (unpaired) electrons. The molecule has 1 heterocycles. The van der Waals surface area contributed by atoms with Crippen LogP contribution in [0.25, 0.3) is 0 Å². The van der Waals surface area contributed by atoms with Crippen molar-refractivity contribution in [2.24, 2.45) is 0 Å². The summed E-state index contributed by atoms with van der Waals surface area (Å²) in [7, 11) is 0. The van der Waals surface area contributed by atoms with Crippen molar-refractivity contribution in [2.45, 2.75) is 45.3 Å². The lowest BCUT2D eigenvalue weighted by Gasteiger charge is -2.22. The number of carbonyl (C=O) groups excluding carboxylic acids is 1. The van der Waals surface area contributed by atoms with Crippen LogP contribution in [0.2, 0.25) is 0 Å². The number of ether oxygens (including phenoxy) is 1. The summed E-state index contributed by atoms with van der Waals surface area (Å²) in [6, 6.07) is 1.44. The van der Waals surface area contributed by atoms with E-state index in [0.29, 0.717) is 6.42 Å². The first-order valence-corrected chi connectivity index (χ1v) is 6.93. The summed E-state index contributed by atoms with van der Waals surface area (Å²) in [4.78, 5) is 22.5. The van der Waals surface area contributed by atoms with Crippen LogP contribution in [0.15, 0.2) is 16.8 Å². The summed E-state index contributed by atoms with van der Waals surface area (Å²) in [5.41, 5.74) is 0.410. The molecule has 0 aliphatic rings. The summed E-state index contributed by atoms with van der Waals surface area (Å²) in [6.45, 7) is 5.28. The van der Waals surface area contributed by atoms with Crippen molar-refractivity contribution in [3.05, 3.63) is 22.4 Å². The molecule has 0 spiro atoms. The fourth-order valence-corrected chi connectivity index (χ4v) is 2.23. The van der Waals surface area contributed by atoms with Crippen molar-refractivity contribution < 1.29 is 19.4 Å². The van der Waals surface area contributed by atoms with Crippen molar-refractivity contribution in [3.8, 4) is 0 Å². The van der Waals surface area contributed by atoms with Gasteiger partial charge in [-0.2, -0.15) is 11.3 Å². The van der Waals surface area contributed by atoms with Gasteiger partial charge in [0.25, 0.3) is 0 Å². The molecule has 6 heteroatoms. The van der Waals surface area contributed by atoms with Crippen LogP contribution in [0.1, 0.15) is 32.8 Å². The highest BCUT2D eigenvalue weighted by Crippen LogP contribution is 2.12. The molecule has 0 fully saturated rings. The van der Waals surface area contributed by atoms with Crippen LogP contribution in [-0.4, -0.2) is 28.8 Å². The molecule has 0 aliphatic carbocycles. The van der Waals surface area contributed by atoms with Crippen molar-refractivity contribution in [1.82, 2.24) is 5.32 Å². The highest BCUT2D eigenvalue weighted by molar-refractivity contribution is 7.07. The predicted octanol–water partition coefficient (Wildman–Crippen LogP) is 2.66. The third-order valence-electron chi connectivity index (χ3n) is 2.20. The molecule has 0 saturated heterocycles. The van der Waals surface area contributed by atoms with Crippen molar-refractivity contribution >= 4 is 23.4 Å². The van der Waals surface area contributed by atoms with E-state index >= 15 is 0 Å². The maximum atomic E-state index is 11.7. The van der Waals surface area contributed by atoms with Crippen molar-refractivity contribution in [2.75, 3.05) is 0 Å². The lowest BCUT2D eigenvalue weighted by atomic mass is 10.1. The molecule has 106 valence electrons. The second kappa shape index (κ2) is 6.56. The van der Waals surface area contributed by atoms with Gasteiger partial charge in [-0.05, 0) is 49.6 Å². The Morgan fingerprint density at radius 1 is 1.47 bits per heavy atom. The van der Waals surface area contributed by atoms with Gasteiger partial charge in [-0.25, -0.2) is 4.79 Å². The average molecular weight is 285 g/mol. The molecule has 0 aromatic carbocycles. The summed E-state index contributed by atoms with van der Waals surface area (Å²) in [6.07, 6.45) is -0.238. The van der Waals surface area contributed by atoms with E-state index in [0.717, 1.165) is 5.56 Å². The minimum Gasteiger partial charge on any atom is -0.481 e. The zero-order valence-corrected chi connectivity index (χ0v) is 12.1. The summed E-state index contributed by atoms with van der Waals surface area (Å²) in [5.74, 6) is -0.948. The molecular formula is C13H19NO4S. The Labute approximate surface area is 116 Å². The lowest BCUT2D eigenvalue weighted by molar-refractivity contribution is -0.137. The van der Waals surface area contributed by atoms with E-state index in [2.05, 4.69) is 5.32 Å². The van der Waals surface area contributed by atoms with Gasteiger partial charge in [-0.15, -0.1) is 0 Å². The molecule has 1 aromatic heterocycles. The number of thiophene rings is 1. The zero-order chi connectivity index (χ0) is 14.5. The van der Waals surface area contributed by atoms with Crippen LogP contribution >= 0.6 is 11.3 Å². The van der Waals surface area contributed by atoms with Gasteiger partial charge in [-0.3, -0.25) is 4.79 Å². The normalized spacial score (nSPS) is 12.8. The monoisotopic (exact) mass is 285 g/mol. The minimum absolute atomic E-state index is 0.130. The largest absolute Gasteiger partial charge is 0.481 e. The van der Waals surface area contributed by atoms with Gasteiger partial charge < -0.3 is 15.2 Å². The van der Waals surface area contributed by atoms with Crippen molar-refractivity contribution in [3.63, 3.8) is 0 Å². The SMILES string of the molecule is CC(C)(C)OC(=O)N[C@H](CC(=O)O)Cc1ccsc1. The topological polar surface area (TPSA) is 75.6 Å². The van der Waals surface area contributed by atoms with Crippen LogP contribution in [0.4, 0.5) is 4.79 Å². The Hall–Kier alpha value is -1.56. The Bertz CT molecular complexity index is 422. The van der Waals surface area contributed by atoms with E-state index in [1.807, 2.05) is 16.8 Å². The molecule has 5 nitrogen and oxygen atoms in total. The molecule has 1 atom stereocenters. The molecule has 1 amide bonds. The Morgan fingerprint density at radius 3 is 2.63 bits per heavy atom. The molecule has 0 unspecified atom stereocenters. The van der Waals surface area contributed by atoms with E-state index in [1.165, 1.54) is 11.3 Å². The van der Waals surface area contributed by atoms with Crippen LogP contribution in [0.5, 0.6) is 0 Å². The zero-order valence-electron chi connectivity index (χ0n) is 11.3. The highest BCUT2D eigenvalue weighted by atomic mass is 32.1. The van der Waals surface area contributed by atoms with E-state index in [9.17, 15) is 9.59 Å². The second-order valence-electron chi connectivity index (χ2n) is 5.28. The number of hydrogen-bond acceptors (Lipinski definition) is 4. The average Bonchev–Trinajstić information content (AvgIpc) is 2.65. The molecule has 0 bridgehead atoms. The third kappa shape index (κ3) is 6.81. The fourth-order valence-electron chi connectivity index (χ4n) is 1.55. The number of rotatable bonds is 5. The second-order valence-corrected chi connectivity index (χ2v) is 6.06. The first-order valence-electron chi connectivity index (χ1n) is 5.98. The van der Waals surface area contributed by atoms with Crippen LogP contribution in [0, 0.1) is 0 Å². The van der Waals surface area contributed by atoms with Gasteiger partial charge in [0.1, 0.15) is 5.60 Å². The number of carboxylic acid groups (broad SMARTS) is 1. The number of alkyl carbamates (subject to hydrolysis) is 1. The van der Waals surface area contributed by atoms with Crippen LogP contribution in [-0.2, 0) is 16.0 Å². The standard InChI is InChI=1S/C13H19NO4S/c1-13(2,3)18-12(17)14-10(7-11(15)16)6-9-4-5-19-8-9/h4-5,8,10H,6-7H2,1-3H3,(H,14,17)(H,15,16)/t10-/m0/s1. The van der Waals surface area contributed by atoms with E-state index in [-0.39, 0.29) is 6.42 Å². The van der Waals surface area contributed by atoms with Gasteiger partial charge in [0.2, 0.25) is 0 Å². The van der Waals surface area contributed by atoms with E-state index < -0.39 is 23.7 Å². The minimum atomic E-state index is -0.948. The van der Waals surface area contributed by atoms with E-state index in [4.69, 9.17) is 9.84 Å². The van der Waals surface area contributed by atoms with Gasteiger partial charge in [0.05, 0.1) is 6.42 Å². The molecule has 19 heavy (non-hydrogen) atoms. The highest BCUT2D eigenvalue weighted by Gasteiger charge is 2.21. The Morgan fingerprint density at radius 2 is 2.16 bits per heavy atom. The summed E-state index contributed by atoms with van der Waals surface area (Å²) < 4.78 is 5.13. The molecular weight excluding hydrogens is 266 g/mol. The van der Waals surface area contributed by atoms with Crippen LogP contribution < -0.4 is 5.32 Å². The Balaban J connectivity index is 2.59. The Kier molecular flexibility index (Phi) is 5.35. The number of hydrogen-bond donors (Lipinski definition) is 2. The quantitative estimate of drug-likeness (QED) is 0.872.